The number of amides is 2. The van der Waals surface area contributed by atoms with Crippen molar-refractivity contribution in [3.8, 4) is 0 Å². The van der Waals surface area contributed by atoms with Crippen LogP contribution in [0.4, 0.5) is 5.69 Å². The van der Waals surface area contributed by atoms with Crippen LogP contribution in [-0.4, -0.2) is 71.3 Å². The van der Waals surface area contributed by atoms with Crippen LogP contribution in [0.5, 0.6) is 0 Å². The second-order valence-corrected chi connectivity index (χ2v) is 10.4. The van der Waals surface area contributed by atoms with E-state index in [4.69, 9.17) is 21.1 Å². The quantitative estimate of drug-likeness (QED) is 0.379. The molecule has 4 rings (SSSR count). The molecule has 6 atom stereocenters. The third kappa shape index (κ3) is 4.15. The van der Waals surface area contributed by atoms with E-state index in [1.807, 2.05) is 13.8 Å². The minimum atomic E-state index is -1.19. The Morgan fingerprint density at radius 2 is 2.00 bits per heavy atom. The van der Waals surface area contributed by atoms with Crippen molar-refractivity contribution >= 4 is 35.1 Å². The van der Waals surface area contributed by atoms with Crippen molar-refractivity contribution in [2.24, 2.45) is 17.8 Å². The fourth-order valence-electron chi connectivity index (χ4n) is 6.07. The zero-order valence-corrected chi connectivity index (χ0v) is 21.4. The molecule has 0 saturated carbocycles. The first kappa shape index (κ1) is 26.4. The Hall–Kier alpha value is -2.68. The molecular weight excluding hydrogens is 484 g/mol. The lowest BCUT2D eigenvalue weighted by Gasteiger charge is -2.40. The van der Waals surface area contributed by atoms with Crippen molar-refractivity contribution in [3.63, 3.8) is 0 Å². The maximum Gasteiger partial charge on any atom is 0.312 e. The Morgan fingerprint density at radius 1 is 1.31 bits per heavy atom. The normalized spacial score (nSPS) is 29.2. The highest BCUT2D eigenvalue weighted by atomic mass is 35.5. The smallest absolute Gasteiger partial charge is 0.312 e. The number of esters is 1. The van der Waals surface area contributed by atoms with Gasteiger partial charge in [0.25, 0.3) is 5.91 Å². The van der Waals surface area contributed by atoms with Gasteiger partial charge in [-0.25, -0.2) is 0 Å². The van der Waals surface area contributed by atoms with E-state index in [2.05, 4.69) is 13.2 Å². The number of likely N-dealkylation sites (tertiary alicyclic amines) is 1. The van der Waals surface area contributed by atoms with Gasteiger partial charge in [-0.05, 0) is 43.0 Å². The Bertz CT molecular complexity index is 1040. The average molecular weight is 517 g/mol. The Kier molecular flexibility index (Phi) is 7.59. The number of carbonyl (C=O) groups is 3. The number of hydrogen-bond acceptors (Lipinski definition) is 6. The summed E-state index contributed by atoms with van der Waals surface area (Å²) >= 11 is 6.07. The lowest BCUT2D eigenvalue weighted by atomic mass is 9.70. The number of benzene rings is 1. The molecule has 1 spiro atoms. The van der Waals surface area contributed by atoms with E-state index in [9.17, 15) is 19.5 Å². The van der Waals surface area contributed by atoms with Crippen LogP contribution in [0.2, 0.25) is 5.02 Å². The summed E-state index contributed by atoms with van der Waals surface area (Å²) in [4.78, 5) is 44.4. The third-order valence-corrected chi connectivity index (χ3v) is 7.87. The molecule has 3 heterocycles. The second kappa shape index (κ2) is 10.4. The van der Waals surface area contributed by atoms with Gasteiger partial charge in [-0.1, -0.05) is 44.2 Å². The number of carbonyl (C=O) groups excluding carboxylic acids is 3. The summed E-state index contributed by atoms with van der Waals surface area (Å²) in [5.74, 6) is -3.08. The van der Waals surface area contributed by atoms with Gasteiger partial charge in [-0.15, -0.1) is 6.58 Å². The molecular formula is C27H33ClN2O6. The van der Waals surface area contributed by atoms with Crippen molar-refractivity contribution < 1.29 is 29.0 Å². The molecule has 0 aromatic heterocycles. The molecule has 3 saturated heterocycles. The molecule has 2 bridgehead atoms. The molecule has 3 aliphatic rings. The summed E-state index contributed by atoms with van der Waals surface area (Å²) in [7, 11) is 0. The highest BCUT2D eigenvalue weighted by molar-refractivity contribution is 6.30. The van der Waals surface area contributed by atoms with Gasteiger partial charge in [0.1, 0.15) is 18.2 Å². The number of aliphatic hydroxyl groups is 1. The molecule has 0 radical (unpaired) electrons. The molecule has 0 aliphatic carbocycles. The standard InChI is InChI=1S/C27H33ClN2O6/c1-5-13-29(18-9-7-17(28)8-10-18)25(33)23-27-12-11-20(36-27)21(26(34)35-14-6-2)22(27)24(32)30(23)19(15-31)16(3)4/h5-10,16,19-23,31H,1-2,11-15H2,3-4H3/t19-,20+,21-,22-,23?,27?/m0/s1. The van der Waals surface area contributed by atoms with Gasteiger partial charge >= 0.3 is 5.97 Å². The van der Waals surface area contributed by atoms with Crippen molar-refractivity contribution in [2.45, 2.75) is 50.5 Å². The van der Waals surface area contributed by atoms with E-state index in [1.54, 1.807) is 35.2 Å². The maximum absolute atomic E-state index is 14.4. The molecule has 2 amide bonds. The van der Waals surface area contributed by atoms with Crippen LogP contribution in [0.3, 0.4) is 0 Å². The summed E-state index contributed by atoms with van der Waals surface area (Å²) in [5, 5.41) is 10.8. The zero-order chi connectivity index (χ0) is 26.2. The third-order valence-electron chi connectivity index (χ3n) is 7.62. The van der Waals surface area contributed by atoms with Gasteiger partial charge in [-0.2, -0.15) is 0 Å². The molecule has 1 aromatic carbocycles. The number of hydrogen-bond donors (Lipinski definition) is 1. The maximum atomic E-state index is 14.4. The van der Waals surface area contributed by atoms with Gasteiger partial charge in [0.15, 0.2) is 0 Å². The van der Waals surface area contributed by atoms with Crippen LogP contribution in [0, 0.1) is 17.8 Å². The van der Waals surface area contributed by atoms with E-state index in [0.29, 0.717) is 23.6 Å². The average Bonchev–Trinajstić information content (AvgIpc) is 3.49. The molecule has 2 unspecified atom stereocenters. The highest BCUT2D eigenvalue weighted by Gasteiger charge is 2.75. The SMILES string of the molecule is C=CCOC(=O)[C@@H]1[C@H]2C(=O)N([C@@H](CO)C(C)C)C(C(=O)N(CC=C)c3ccc(Cl)cc3)C23CC[C@H]1O3. The summed E-state index contributed by atoms with van der Waals surface area (Å²) in [6.45, 7) is 11.0. The van der Waals surface area contributed by atoms with Crippen LogP contribution in [0.1, 0.15) is 26.7 Å². The number of aliphatic hydroxyl groups excluding tert-OH is 1. The first-order valence-corrected chi connectivity index (χ1v) is 12.7. The zero-order valence-electron chi connectivity index (χ0n) is 20.6. The lowest BCUT2D eigenvalue weighted by molar-refractivity contribution is -0.155. The van der Waals surface area contributed by atoms with Crippen molar-refractivity contribution in [1.29, 1.82) is 0 Å². The van der Waals surface area contributed by atoms with Gasteiger partial charge in [0.2, 0.25) is 5.91 Å². The molecule has 9 heteroatoms. The lowest BCUT2D eigenvalue weighted by Crippen LogP contribution is -2.59. The molecule has 1 aromatic rings. The fourth-order valence-corrected chi connectivity index (χ4v) is 6.20. The Balaban J connectivity index is 1.81. The Morgan fingerprint density at radius 3 is 2.58 bits per heavy atom. The van der Waals surface area contributed by atoms with Gasteiger partial charge < -0.3 is 24.4 Å². The first-order chi connectivity index (χ1) is 17.2. The molecule has 8 nitrogen and oxygen atoms in total. The van der Waals surface area contributed by atoms with Crippen LogP contribution in [-0.2, 0) is 23.9 Å². The number of anilines is 1. The van der Waals surface area contributed by atoms with Crippen LogP contribution < -0.4 is 4.90 Å². The summed E-state index contributed by atoms with van der Waals surface area (Å²) in [6, 6.07) is 5.18. The molecule has 1 N–H and O–H groups in total. The summed E-state index contributed by atoms with van der Waals surface area (Å²) in [5.41, 5.74) is -0.596. The first-order valence-electron chi connectivity index (χ1n) is 12.3. The molecule has 36 heavy (non-hydrogen) atoms. The van der Waals surface area contributed by atoms with E-state index >= 15 is 0 Å². The fraction of sp³-hybridized carbons (Fsp3) is 0.519. The van der Waals surface area contributed by atoms with Gasteiger partial charge in [-0.3, -0.25) is 14.4 Å². The van der Waals surface area contributed by atoms with E-state index in [-0.39, 0.29) is 37.5 Å². The van der Waals surface area contributed by atoms with Crippen molar-refractivity contribution in [1.82, 2.24) is 4.90 Å². The number of fused-ring (bicyclic) bond motifs is 1. The van der Waals surface area contributed by atoms with E-state index < -0.39 is 41.6 Å². The predicted octanol–water partition coefficient (Wildman–Crippen LogP) is 2.98. The second-order valence-electron chi connectivity index (χ2n) is 9.93. The van der Waals surface area contributed by atoms with E-state index in [1.165, 1.54) is 11.0 Å². The number of ether oxygens (including phenoxy) is 2. The highest BCUT2D eigenvalue weighted by Crippen LogP contribution is 2.59. The van der Waals surface area contributed by atoms with Gasteiger partial charge in [0, 0.05) is 17.3 Å². The molecule has 194 valence electrons. The van der Waals surface area contributed by atoms with Crippen LogP contribution in [0.15, 0.2) is 49.6 Å². The van der Waals surface area contributed by atoms with Crippen LogP contribution >= 0.6 is 11.6 Å². The predicted molar refractivity (Wildman–Crippen MR) is 135 cm³/mol. The topological polar surface area (TPSA) is 96.4 Å². The largest absolute Gasteiger partial charge is 0.461 e. The van der Waals surface area contributed by atoms with Crippen molar-refractivity contribution in [2.75, 3.05) is 24.7 Å². The minimum absolute atomic E-state index is 0.0248. The summed E-state index contributed by atoms with van der Waals surface area (Å²) in [6.07, 6.45) is 3.55. The van der Waals surface area contributed by atoms with Gasteiger partial charge in [0.05, 0.1) is 30.6 Å². The minimum Gasteiger partial charge on any atom is -0.461 e. The van der Waals surface area contributed by atoms with E-state index in [0.717, 1.165) is 0 Å². The molecule has 3 fully saturated rings. The number of halogens is 1. The van der Waals surface area contributed by atoms with Crippen LogP contribution in [0.25, 0.3) is 0 Å². The number of nitrogens with zero attached hydrogens (tertiary/aromatic N) is 2. The van der Waals surface area contributed by atoms with Crippen molar-refractivity contribution in [3.05, 3.63) is 54.6 Å². The summed E-state index contributed by atoms with van der Waals surface area (Å²) < 4.78 is 11.8. The Labute approximate surface area is 216 Å². The number of rotatable bonds is 10. The monoisotopic (exact) mass is 516 g/mol. The molecule has 3 aliphatic heterocycles.